The molecule has 4 nitrogen and oxygen atoms in total. The van der Waals surface area contributed by atoms with Gasteiger partial charge in [0, 0.05) is 43.8 Å². The summed E-state index contributed by atoms with van der Waals surface area (Å²) in [7, 11) is 2.15. The largest absolute Gasteiger partial charge is 0.390 e. The smallest absolute Gasteiger partial charge is 0.0845 e. The monoisotopic (exact) mass is 335 g/mol. The van der Waals surface area contributed by atoms with Gasteiger partial charge < -0.3 is 14.6 Å². The molecule has 23 heavy (non-hydrogen) atoms. The number of aliphatic hydroxyl groups excluding tert-OH is 1. The van der Waals surface area contributed by atoms with E-state index in [1.54, 1.807) is 0 Å². The first-order valence-electron chi connectivity index (χ1n) is 8.30. The Morgan fingerprint density at radius 1 is 1.13 bits per heavy atom. The first-order valence-corrected chi connectivity index (χ1v) is 8.68. The number of benzene rings is 1. The highest BCUT2D eigenvalue weighted by atomic mass is 35.5. The van der Waals surface area contributed by atoms with Gasteiger partial charge in [0.05, 0.1) is 23.2 Å². The van der Waals surface area contributed by atoms with Crippen molar-refractivity contribution in [2.75, 3.05) is 39.8 Å². The minimum atomic E-state index is -0.386. The molecule has 0 spiro atoms. The van der Waals surface area contributed by atoms with Crippen LogP contribution in [0.1, 0.15) is 11.3 Å². The molecule has 2 aromatic rings. The fraction of sp³-hybridized carbons (Fsp3) is 0.556. The van der Waals surface area contributed by atoms with Crippen molar-refractivity contribution >= 4 is 22.5 Å². The summed E-state index contributed by atoms with van der Waals surface area (Å²) in [6.45, 7) is 9.73. The number of likely N-dealkylation sites (N-methyl/N-ethyl adjacent to an activating group) is 1. The third-order valence-corrected chi connectivity index (χ3v) is 5.37. The van der Waals surface area contributed by atoms with Crippen LogP contribution in [0.15, 0.2) is 18.2 Å². The van der Waals surface area contributed by atoms with E-state index in [0.717, 1.165) is 43.3 Å². The molecule has 0 saturated carbocycles. The zero-order chi connectivity index (χ0) is 16.6. The summed E-state index contributed by atoms with van der Waals surface area (Å²) < 4.78 is 2.17. The summed E-state index contributed by atoms with van der Waals surface area (Å²) in [5.41, 5.74) is 3.47. The molecule has 0 bridgehead atoms. The van der Waals surface area contributed by atoms with Crippen molar-refractivity contribution in [1.82, 2.24) is 14.4 Å². The summed E-state index contributed by atoms with van der Waals surface area (Å²) >= 11 is 6.42. The summed E-state index contributed by atoms with van der Waals surface area (Å²) in [5, 5.41) is 12.5. The van der Waals surface area contributed by atoms with Crippen LogP contribution in [0.25, 0.3) is 10.9 Å². The van der Waals surface area contributed by atoms with Crippen LogP contribution >= 0.6 is 11.6 Å². The molecular formula is C18H26ClN3O. The molecule has 1 aliphatic rings. The topological polar surface area (TPSA) is 31.6 Å². The number of hydrogen-bond acceptors (Lipinski definition) is 3. The average Bonchev–Trinajstić information content (AvgIpc) is 2.76. The molecule has 1 aromatic carbocycles. The molecule has 0 amide bonds. The maximum absolute atomic E-state index is 10.6. The van der Waals surface area contributed by atoms with Gasteiger partial charge in [-0.15, -0.1) is 0 Å². The van der Waals surface area contributed by atoms with Crippen LogP contribution in [0.2, 0.25) is 5.02 Å². The van der Waals surface area contributed by atoms with E-state index < -0.39 is 0 Å². The number of halogens is 1. The molecule has 126 valence electrons. The lowest BCUT2D eigenvalue weighted by molar-refractivity contribution is 0.0714. The van der Waals surface area contributed by atoms with E-state index in [2.05, 4.69) is 41.3 Å². The first-order chi connectivity index (χ1) is 11.0. The third-order valence-electron chi connectivity index (χ3n) is 5.07. The SMILES string of the molecule is Cc1c(C)n(C[C@@H](O)CN2CCN(C)CC2)c2c(Cl)cccc12. The van der Waals surface area contributed by atoms with Gasteiger partial charge in [-0.2, -0.15) is 0 Å². The van der Waals surface area contributed by atoms with Crippen molar-refractivity contribution in [2.45, 2.75) is 26.5 Å². The number of fused-ring (bicyclic) bond motifs is 1. The number of rotatable bonds is 4. The second-order valence-electron chi connectivity index (χ2n) is 6.71. The first kappa shape index (κ1) is 16.8. The maximum atomic E-state index is 10.6. The van der Waals surface area contributed by atoms with Crippen molar-refractivity contribution in [2.24, 2.45) is 0 Å². The lowest BCUT2D eigenvalue weighted by atomic mass is 10.2. The Bertz CT molecular complexity index is 689. The van der Waals surface area contributed by atoms with Crippen LogP contribution < -0.4 is 0 Å². The molecule has 0 unspecified atom stereocenters. The zero-order valence-corrected chi connectivity index (χ0v) is 15.0. The number of aryl methyl sites for hydroxylation is 1. The fourth-order valence-corrected chi connectivity index (χ4v) is 3.76. The fourth-order valence-electron chi connectivity index (χ4n) is 3.48. The highest BCUT2D eigenvalue weighted by molar-refractivity contribution is 6.35. The van der Waals surface area contributed by atoms with Gasteiger partial charge in [0.25, 0.3) is 0 Å². The lowest BCUT2D eigenvalue weighted by Crippen LogP contribution is -2.47. The molecule has 1 N–H and O–H groups in total. The molecule has 0 radical (unpaired) electrons. The molecule has 1 aromatic heterocycles. The van der Waals surface area contributed by atoms with Gasteiger partial charge in [-0.1, -0.05) is 23.7 Å². The number of aliphatic hydroxyl groups is 1. The van der Waals surface area contributed by atoms with Gasteiger partial charge in [0.2, 0.25) is 0 Å². The summed E-state index contributed by atoms with van der Waals surface area (Å²) in [4.78, 5) is 4.68. The van der Waals surface area contributed by atoms with E-state index in [9.17, 15) is 5.11 Å². The van der Waals surface area contributed by atoms with Gasteiger partial charge in [0.1, 0.15) is 0 Å². The Hall–Kier alpha value is -1.07. The standard InChI is InChI=1S/C18H26ClN3O/c1-13-14(2)22(18-16(13)5-4-6-17(18)19)12-15(23)11-21-9-7-20(3)8-10-21/h4-6,15,23H,7-12H2,1-3H3/t15-/m0/s1. The summed E-state index contributed by atoms with van der Waals surface area (Å²) in [6.07, 6.45) is -0.386. The Kier molecular flexibility index (Phi) is 4.97. The van der Waals surface area contributed by atoms with Crippen LogP contribution in [0.3, 0.4) is 0 Å². The highest BCUT2D eigenvalue weighted by Crippen LogP contribution is 2.30. The minimum absolute atomic E-state index is 0.386. The molecule has 2 heterocycles. The molecule has 5 heteroatoms. The normalized spacial score (nSPS) is 18.7. The van der Waals surface area contributed by atoms with Crippen LogP contribution in [-0.2, 0) is 6.54 Å². The van der Waals surface area contributed by atoms with Gasteiger partial charge in [-0.25, -0.2) is 0 Å². The van der Waals surface area contributed by atoms with Crippen molar-refractivity contribution in [3.63, 3.8) is 0 Å². The Labute approximate surface area is 143 Å². The molecule has 0 aliphatic carbocycles. The Morgan fingerprint density at radius 3 is 2.52 bits per heavy atom. The highest BCUT2D eigenvalue weighted by Gasteiger charge is 2.20. The maximum Gasteiger partial charge on any atom is 0.0845 e. The van der Waals surface area contributed by atoms with Crippen molar-refractivity contribution in [1.29, 1.82) is 0 Å². The predicted molar refractivity (Wildman–Crippen MR) is 96.4 cm³/mol. The second kappa shape index (κ2) is 6.81. The van der Waals surface area contributed by atoms with E-state index >= 15 is 0 Å². The number of β-amino-alcohol motifs (C(OH)–C–C–N with tert-alkyl or cyclic N) is 1. The van der Waals surface area contributed by atoms with Crippen molar-refractivity contribution in [3.05, 3.63) is 34.5 Å². The quantitative estimate of drug-likeness (QED) is 0.931. The van der Waals surface area contributed by atoms with Gasteiger partial charge in [-0.3, -0.25) is 4.90 Å². The number of piperazine rings is 1. The second-order valence-corrected chi connectivity index (χ2v) is 7.12. The minimum Gasteiger partial charge on any atom is -0.390 e. The van der Waals surface area contributed by atoms with Gasteiger partial charge >= 0.3 is 0 Å². The molecular weight excluding hydrogens is 310 g/mol. The molecule has 1 aliphatic heterocycles. The molecule has 1 saturated heterocycles. The zero-order valence-electron chi connectivity index (χ0n) is 14.2. The average molecular weight is 336 g/mol. The van der Waals surface area contributed by atoms with E-state index in [-0.39, 0.29) is 6.10 Å². The lowest BCUT2D eigenvalue weighted by Gasteiger charge is -2.33. The summed E-state index contributed by atoms with van der Waals surface area (Å²) in [6, 6.07) is 6.02. The van der Waals surface area contributed by atoms with Gasteiger partial charge in [0.15, 0.2) is 0 Å². The van der Waals surface area contributed by atoms with Crippen LogP contribution in [-0.4, -0.2) is 65.3 Å². The number of nitrogens with zero attached hydrogens (tertiary/aromatic N) is 3. The number of para-hydroxylation sites is 1. The van der Waals surface area contributed by atoms with Crippen LogP contribution in [0.4, 0.5) is 0 Å². The number of hydrogen-bond donors (Lipinski definition) is 1. The van der Waals surface area contributed by atoms with Gasteiger partial charge in [-0.05, 0) is 32.5 Å². The van der Waals surface area contributed by atoms with E-state index in [4.69, 9.17) is 11.6 Å². The van der Waals surface area contributed by atoms with Crippen molar-refractivity contribution < 1.29 is 5.11 Å². The molecule has 1 fully saturated rings. The molecule has 3 rings (SSSR count). The van der Waals surface area contributed by atoms with E-state index in [1.165, 1.54) is 16.6 Å². The van der Waals surface area contributed by atoms with E-state index in [1.807, 2.05) is 12.1 Å². The molecule has 1 atom stereocenters. The van der Waals surface area contributed by atoms with Crippen molar-refractivity contribution in [3.8, 4) is 0 Å². The third kappa shape index (κ3) is 3.41. The summed E-state index contributed by atoms with van der Waals surface area (Å²) in [5.74, 6) is 0. The Balaban J connectivity index is 1.77. The van der Waals surface area contributed by atoms with Crippen LogP contribution in [0, 0.1) is 13.8 Å². The van der Waals surface area contributed by atoms with Crippen LogP contribution in [0.5, 0.6) is 0 Å². The Morgan fingerprint density at radius 2 is 1.83 bits per heavy atom. The predicted octanol–water partition coefficient (Wildman–Crippen LogP) is 2.52. The number of aromatic nitrogens is 1. The van der Waals surface area contributed by atoms with E-state index in [0.29, 0.717) is 6.54 Å².